The smallest absolute Gasteiger partial charge is 0.348 e. The Hall–Kier alpha value is -2.86. The van der Waals surface area contributed by atoms with E-state index in [1.165, 1.54) is 12.7 Å². The molecule has 6 heteroatoms. The lowest BCUT2D eigenvalue weighted by molar-refractivity contribution is -0.148. The molecule has 29 heavy (non-hydrogen) atoms. The van der Waals surface area contributed by atoms with E-state index in [9.17, 15) is 9.59 Å². The molecule has 0 N–H and O–H groups in total. The van der Waals surface area contributed by atoms with Gasteiger partial charge in [0.2, 0.25) is 12.0 Å². The van der Waals surface area contributed by atoms with Crippen LogP contribution < -0.4 is 9.64 Å². The molecule has 2 aliphatic rings. The number of methoxy groups -OCH3 is 1. The minimum absolute atomic E-state index is 0.0485. The summed E-state index contributed by atoms with van der Waals surface area (Å²) in [5.41, 5.74) is 1.97. The minimum Gasteiger partial charge on any atom is -0.475 e. The molecule has 1 fully saturated rings. The van der Waals surface area contributed by atoms with E-state index < -0.39 is 12.1 Å². The maximum absolute atomic E-state index is 13.5. The van der Waals surface area contributed by atoms with Crippen molar-refractivity contribution in [3.05, 3.63) is 60.2 Å². The van der Waals surface area contributed by atoms with Crippen LogP contribution in [0.2, 0.25) is 0 Å². The van der Waals surface area contributed by atoms with Crippen LogP contribution in [0.15, 0.2) is 54.6 Å². The number of ether oxygens (including phenoxy) is 2. The molecule has 0 unspecified atom stereocenters. The van der Waals surface area contributed by atoms with Gasteiger partial charge in [-0.3, -0.25) is 9.69 Å². The fraction of sp³-hybridized carbons (Fsp3) is 0.391. The number of benzene rings is 2. The molecule has 0 saturated carbocycles. The van der Waals surface area contributed by atoms with Crippen LogP contribution in [0.1, 0.15) is 18.4 Å². The van der Waals surface area contributed by atoms with E-state index in [1.807, 2.05) is 36.4 Å². The van der Waals surface area contributed by atoms with Gasteiger partial charge >= 0.3 is 5.97 Å². The summed E-state index contributed by atoms with van der Waals surface area (Å²) in [6.07, 6.45) is 1.03. The predicted octanol–water partition coefficient (Wildman–Crippen LogP) is 2.87. The summed E-state index contributed by atoms with van der Waals surface area (Å²) in [7, 11) is 1.33. The van der Waals surface area contributed by atoms with Gasteiger partial charge in [-0.05, 0) is 37.1 Å². The predicted molar refractivity (Wildman–Crippen MR) is 110 cm³/mol. The average Bonchev–Trinajstić information content (AvgIpc) is 2.78. The van der Waals surface area contributed by atoms with Gasteiger partial charge in [0, 0.05) is 13.1 Å². The van der Waals surface area contributed by atoms with Gasteiger partial charge in [0.15, 0.2) is 0 Å². The monoisotopic (exact) mass is 394 g/mol. The quantitative estimate of drug-likeness (QED) is 0.747. The third kappa shape index (κ3) is 4.27. The van der Waals surface area contributed by atoms with Crippen molar-refractivity contribution in [2.24, 2.45) is 5.92 Å². The van der Waals surface area contributed by atoms with Crippen molar-refractivity contribution in [1.82, 2.24) is 4.90 Å². The lowest BCUT2D eigenvalue weighted by Crippen LogP contribution is -2.51. The van der Waals surface area contributed by atoms with Gasteiger partial charge in [-0.25, -0.2) is 4.79 Å². The van der Waals surface area contributed by atoms with E-state index in [2.05, 4.69) is 17.0 Å². The number of piperidine rings is 1. The lowest BCUT2D eigenvalue weighted by atomic mass is 9.95. The molecule has 1 amide bonds. The van der Waals surface area contributed by atoms with E-state index >= 15 is 0 Å². The Labute approximate surface area is 171 Å². The highest BCUT2D eigenvalue weighted by atomic mass is 16.6. The summed E-state index contributed by atoms with van der Waals surface area (Å²) in [4.78, 5) is 29.6. The highest BCUT2D eigenvalue weighted by Gasteiger charge is 2.38. The van der Waals surface area contributed by atoms with E-state index in [0.717, 1.165) is 38.2 Å². The second-order valence-corrected chi connectivity index (χ2v) is 7.61. The number of carbonyl (C=O) groups excluding carboxylic acids is 2. The summed E-state index contributed by atoms with van der Waals surface area (Å²) >= 11 is 0. The van der Waals surface area contributed by atoms with Crippen LogP contribution in [0, 0.1) is 5.92 Å². The Bertz CT molecular complexity index is 870. The number of rotatable bonds is 4. The van der Waals surface area contributed by atoms with Gasteiger partial charge in [-0.15, -0.1) is 0 Å². The molecule has 6 nitrogen and oxygen atoms in total. The van der Waals surface area contributed by atoms with Crippen LogP contribution in [0.4, 0.5) is 5.69 Å². The van der Waals surface area contributed by atoms with Crippen molar-refractivity contribution < 1.29 is 19.1 Å². The summed E-state index contributed by atoms with van der Waals surface area (Å²) in [6.45, 7) is 2.73. The maximum Gasteiger partial charge on any atom is 0.348 e. The standard InChI is InChI=1S/C23H26N2O4/c1-28-23(27)21-16-25(19-11-5-6-12-20(19)29-21)22(26)18-10-7-13-24(15-18)14-17-8-3-2-4-9-17/h2-6,8-9,11-12,18,21H,7,10,13-16H2,1H3/t18-,21+/m0/s1. The van der Waals surface area contributed by atoms with Gasteiger partial charge in [0.25, 0.3) is 0 Å². The third-order valence-corrected chi connectivity index (χ3v) is 5.61. The number of para-hydroxylation sites is 2. The normalized spacial score (nSPS) is 21.8. The molecule has 0 spiro atoms. The highest BCUT2D eigenvalue weighted by Crippen LogP contribution is 2.35. The molecule has 2 heterocycles. The Morgan fingerprint density at radius 3 is 2.62 bits per heavy atom. The van der Waals surface area contributed by atoms with Crippen molar-refractivity contribution in [2.75, 3.05) is 31.6 Å². The molecular formula is C23H26N2O4. The molecule has 2 aromatic carbocycles. The first kappa shape index (κ1) is 19.5. The van der Waals surface area contributed by atoms with Crippen LogP contribution in [-0.4, -0.2) is 49.6 Å². The second kappa shape index (κ2) is 8.66. The van der Waals surface area contributed by atoms with E-state index in [-0.39, 0.29) is 18.4 Å². The number of fused-ring (bicyclic) bond motifs is 1. The molecule has 152 valence electrons. The van der Waals surface area contributed by atoms with Crippen LogP contribution in [0.5, 0.6) is 5.75 Å². The number of nitrogens with zero attached hydrogens (tertiary/aromatic N) is 2. The van der Waals surface area contributed by atoms with Crippen molar-refractivity contribution in [3.8, 4) is 5.75 Å². The number of carbonyl (C=O) groups is 2. The fourth-order valence-corrected chi connectivity index (χ4v) is 4.16. The molecule has 0 aliphatic carbocycles. The van der Waals surface area contributed by atoms with Crippen LogP contribution in [0.25, 0.3) is 0 Å². The molecular weight excluding hydrogens is 368 g/mol. The molecule has 0 radical (unpaired) electrons. The first-order valence-electron chi connectivity index (χ1n) is 10.1. The highest BCUT2D eigenvalue weighted by molar-refractivity contribution is 5.98. The summed E-state index contributed by atoms with van der Waals surface area (Å²) in [6, 6.07) is 17.7. The Balaban J connectivity index is 1.51. The number of likely N-dealkylation sites (tertiary alicyclic amines) is 1. The Morgan fingerprint density at radius 2 is 1.83 bits per heavy atom. The molecule has 2 aromatic rings. The Morgan fingerprint density at radius 1 is 1.07 bits per heavy atom. The number of hydrogen-bond acceptors (Lipinski definition) is 5. The summed E-state index contributed by atoms with van der Waals surface area (Å²) in [5.74, 6) is 0.0235. The molecule has 2 aliphatic heterocycles. The number of amides is 1. The van der Waals surface area contributed by atoms with Crippen LogP contribution >= 0.6 is 0 Å². The summed E-state index contributed by atoms with van der Waals surface area (Å²) < 4.78 is 10.6. The van der Waals surface area contributed by atoms with Gasteiger partial charge in [-0.1, -0.05) is 42.5 Å². The first-order valence-corrected chi connectivity index (χ1v) is 10.1. The van der Waals surface area contributed by atoms with Crippen molar-refractivity contribution in [2.45, 2.75) is 25.5 Å². The van der Waals surface area contributed by atoms with Crippen LogP contribution in [0.3, 0.4) is 0 Å². The van der Waals surface area contributed by atoms with Gasteiger partial charge in [-0.2, -0.15) is 0 Å². The van der Waals surface area contributed by atoms with Crippen molar-refractivity contribution >= 4 is 17.6 Å². The molecule has 0 aromatic heterocycles. The lowest BCUT2D eigenvalue weighted by Gasteiger charge is -2.38. The zero-order chi connectivity index (χ0) is 20.2. The van der Waals surface area contributed by atoms with Gasteiger partial charge in [0.1, 0.15) is 5.75 Å². The number of esters is 1. The summed E-state index contributed by atoms with van der Waals surface area (Å²) in [5, 5.41) is 0. The van der Waals surface area contributed by atoms with Crippen molar-refractivity contribution in [1.29, 1.82) is 0 Å². The van der Waals surface area contributed by atoms with E-state index in [4.69, 9.17) is 9.47 Å². The van der Waals surface area contributed by atoms with E-state index in [0.29, 0.717) is 5.75 Å². The zero-order valence-electron chi connectivity index (χ0n) is 16.6. The number of anilines is 1. The zero-order valence-corrected chi connectivity index (χ0v) is 16.6. The third-order valence-electron chi connectivity index (χ3n) is 5.61. The maximum atomic E-state index is 13.5. The second-order valence-electron chi connectivity index (χ2n) is 7.61. The topological polar surface area (TPSA) is 59.1 Å². The molecule has 1 saturated heterocycles. The number of hydrogen-bond donors (Lipinski definition) is 0. The van der Waals surface area contributed by atoms with Crippen LogP contribution in [-0.2, 0) is 20.9 Å². The van der Waals surface area contributed by atoms with E-state index in [1.54, 1.807) is 11.0 Å². The molecule has 2 atom stereocenters. The average molecular weight is 394 g/mol. The van der Waals surface area contributed by atoms with Crippen molar-refractivity contribution in [3.63, 3.8) is 0 Å². The molecule has 4 rings (SSSR count). The minimum atomic E-state index is -0.803. The fourth-order valence-electron chi connectivity index (χ4n) is 4.16. The van der Waals surface area contributed by atoms with Gasteiger partial charge in [0.05, 0.1) is 25.3 Å². The SMILES string of the molecule is COC(=O)[C@H]1CN(C(=O)[C@H]2CCCN(Cc3ccccc3)C2)c2ccccc2O1. The van der Waals surface area contributed by atoms with Gasteiger partial charge < -0.3 is 14.4 Å². The largest absolute Gasteiger partial charge is 0.475 e. The molecule has 0 bridgehead atoms. The first-order chi connectivity index (χ1) is 14.2. The Kier molecular flexibility index (Phi) is 5.81.